The molecular formula is C15H17BrN2O3. The van der Waals surface area contributed by atoms with Crippen LogP contribution >= 0.6 is 15.9 Å². The molecule has 0 bridgehead atoms. The molecule has 21 heavy (non-hydrogen) atoms. The van der Waals surface area contributed by atoms with Crippen molar-refractivity contribution in [2.24, 2.45) is 5.92 Å². The Morgan fingerprint density at radius 1 is 1.43 bits per heavy atom. The Bertz CT molecular complexity index is 597. The van der Waals surface area contributed by atoms with Crippen molar-refractivity contribution >= 4 is 39.1 Å². The zero-order chi connectivity index (χ0) is 15.0. The third kappa shape index (κ3) is 2.82. The average Bonchev–Trinajstić information content (AvgIpc) is 3.05. The van der Waals surface area contributed by atoms with Gasteiger partial charge in [0.2, 0.25) is 11.8 Å². The van der Waals surface area contributed by atoms with Crippen molar-refractivity contribution in [3.8, 4) is 0 Å². The molecule has 1 unspecified atom stereocenters. The molecule has 1 N–H and O–H groups in total. The predicted molar refractivity (Wildman–Crippen MR) is 83.4 cm³/mol. The molecule has 1 fully saturated rings. The van der Waals surface area contributed by atoms with Crippen LogP contribution in [0.15, 0.2) is 16.6 Å². The number of nitrogens with one attached hydrogen (secondary N) is 1. The molecule has 1 aromatic carbocycles. The number of fused-ring (bicyclic) bond motifs is 1. The molecule has 1 atom stereocenters. The van der Waals surface area contributed by atoms with Gasteiger partial charge in [0, 0.05) is 24.5 Å². The summed E-state index contributed by atoms with van der Waals surface area (Å²) >= 11 is 3.45. The molecular weight excluding hydrogens is 336 g/mol. The monoisotopic (exact) mass is 352 g/mol. The van der Waals surface area contributed by atoms with Crippen LogP contribution in [0.3, 0.4) is 0 Å². The molecule has 2 aliphatic rings. The zero-order valence-corrected chi connectivity index (χ0v) is 13.4. The van der Waals surface area contributed by atoms with Crippen molar-refractivity contribution in [1.29, 1.82) is 0 Å². The van der Waals surface area contributed by atoms with Crippen molar-refractivity contribution in [1.82, 2.24) is 0 Å². The van der Waals surface area contributed by atoms with E-state index in [2.05, 4.69) is 21.2 Å². The first-order valence-electron chi connectivity index (χ1n) is 7.05. The lowest BCUT2D eigenvalue weighted by atomic mass is 10.1. The van der Waals surface area contributed by atoms with E-state index >= 15 is 0 Å². The normalized spacial score (nSPS) is 20.5. The fourth-order valence-corrected chi connectivity index (χ4v) is 3.47. The fourth-order valence-electron chi connectivity index (χ4n) is 2.96. The quantitative estimate of drug-likeness (QED) is 0.888. The Morgan fingerprint density at radius 2 is 2.24 bits per heavy atom. The van der Waals surface area contributed by atoms with Gasteiger partial charge in [-0.3, -0.25) is 9.59 Å². The predicted octanol–water partition coefficient (Wildman–Crippen LogP) is 2.33. The van der Waals surface area contributed by atoms with Gasteiger partial charge in [0.1, 0.15) is 0 Å². The topological polar surface area (TPSA) is 58.6 Å². The van der Waals surface area contributed by atoms with Crippen LogP contribution in [-0.2, 0) is 20.7 Å². The minimum atomic E-state index is -0.140. The molecule has 0 radical (unpaired) electrons. The lowest BCUT2D eigenvalue weighted by Gasteiger charge is -2.23. The number of hydrogen-bond donors (Lipinski definition) is 1. The molecule has 2 heterocycles. The van der Waals surface area contributed by atoms with Crippen molar-refractivity contribution in [2.45, 2.75) is 19.8 Å². The number of carbonyl (C=O) groups is 2. The highest BCUT2D eigenvalue weighted by Crippen LogP contribution is 2.39. The molecule has 0 saturated carbocycles. The Kier molecular flexibility index (Phi) is 3.99. The van der Waals surface area contributed by atoms with Crippen molar-refractivity contribution in [3.05, 3.63) is 22.2 Å². The van der Waals surface area contributed by atoms with Gasteiger partial charge < -0.3 is 15.0 Å². The van der Waals surface area contributed by atoms with Crippen molar-refractivity contribution < 1.29 is 14.3 Å². The van der Waals surface area contributed by atoms with Crippen LogP contribution in [0, 0.1) is 5.92 Å². The van der Waals surface area contributed by atoms with Crippen LogP contribution in [0.5, 0.6) is 0 Å². The third-order valence-electron chi connectivity index (χ3n) is 3.88. The molecule has 2 amide bonds. The van der Waals surface area contributed by atoms with Crippen molar-refractivity contribution in [2.75, 3.05) is 30.0 Å². The van der Waals surface area contributed by atoms with E-state index < -0.39 is 0 Å². The van der Waals surface area contributed by atoms with Gasteiger partial charge in [0.25, 0.3) is 0 Å². The Labute approximate surface area is 131 Å². The number of anilines is 2. The highest BCUT2D eigenvalue weighted by molar-refractivity contribution is 9.10. The first-order chi connectivity index (χ1) is 10.1. The number of amides is 2. The number of halogens is 1. The summed E-state index contributed by atoms with van der Waals surface area (Å²) in [5.41, 5.74) is 2.61. The minimum absolute atomic E-state index is 0.0650. The number of ether oxygens (including phenoxy) is 1. The molecule has 112 valence electrons. The molecule has 0 spiro atoms. The Morgan fingerprint density at radius 3 is 2.90 bits per heavy atom. The highest BCUT2D eigenvalue weighted by Gasteiger charge is 2.34. The van der Waals surface area contributed by atoms with Gasteiger partial charge in [-0.15, -0.1) is 0 Å². The van der Waals surface area contributed by atoms with Gasteiger partial charge in [-0.25, -0.2) is 0 Å². The molecule has 1 aromatic rings. The van der Waals surface area contributed by atoms with Gasteiger partial charge >= 0.3 is 0 Å². The second-order valence-electron chi connectivity index (χ2n) is 5.44. The second kappa shape index (κ2) is 5.77. The van der Waals surface area contributed by atoms with E-state index in [1.54, 1.807) is 4.90 Å². The third-order valence-corrected chi connectivity index (χ3v) is 4.34. The van der Waals surface area contributed by atoms with E-state index in [1.165, 1.54) is 6.92 Å². The minimum Gasteiger partial charge on any atom is -0.381 e. The van der Waals surface area contributed by atoms with Crippen LogP contribution in [0.25, 0.3) is 0 Å². The lowest BCUT2D eigenvalue weighted by Crippen LogP contribution is -2.35. The summed E-state index contributed by atoms with van der Waals surface area (Å²) in [6.07, 6.45) is 1.58. The SMILES string of the molecule is CC(=O)Nc1cc(Br)cc2c1N(C(=O)C1CCOC1)CC2. The van der Waals surface area contributed by atoms with Crippen LogP contribution in [0.4, 0.5) is 11.4 Å². The fraction of sp³-hybridized carbons (Fsp3) is 0.467. The number of rotatable bonds is 2. The summed E-state index contributed by atoms with van der Waals surface area (Å²) in [5.74, 6) is -0.108. The Hall–Kier alpha value is -1.40. The molecule has 1 saturated heterocycles. The highest BCUT2D eigenvalue weighted by atomic mass is 79.9. The molecule has 5 nitrogen and oxygen atoms in total. The molecule has 0 aromatic heterocycles. The largest absolute Gasteiger partial charge is 0.381 e. The summed E-state index contributed by atoms with van der Waals surface area (Å²) in [7, 11) is 0. The lowest BCUT2D eigenvalue weighted by molar-refractivity contribution is -0.122. The van der Waals surface area contributed by atoms with Gasteiger partial charge in [-0.05, 0) is 30.5 Å². The Balaban J connectivity index is 1.95. The first-order valence-corrected chi connectivity index (χ1v) is 7.84. The summed E-state index contributed by atoms with van der Waals surface area (Å²) in [5, 5.41) is 2.83. The smallest absolute Gasteiger partial charge is 0.232 e. The van der Waals surface area contributed by atoms with E-state index in [0.29, 0.717) is 25.4 Å². The van der Waals surface area contributed by atoms with Crippen molar-refractivity contribution in [3.63, 3.8) is 0 Å². The van der Waals surface area contributed by atoms with Crippen LogP contribution in [-0.4, -0.2) is 31.6 Å². The second-order valence-corrected chi connectivity index (χ2v) is 6.36. The maximum atomic E-state index is 12.7. The van der Waals surface area contributed by atoms with Gasteiger partial charge in [0.15, 0.2) is 0 Å². The summed E-state index contributed by atoms with van der Waals surface area (Å²) < 4.78 is 6.22. The van der Waals surface area contributed by atoms with Gasteiger partial charge in [-0.2, -0.15) is 0 Å². The molecule has 6 heteroatoms. The molecule has 2 aliphatic heterocycles. The summed E-state index contributed by atoms with van der Waals surface area (Å²) in [6.45, 7) is 3.28. The summed E-state index contributed by atoms with van der Waals surface area (Å²) in [4.78, 5) is 25.9. The van der Waals surface area contributed by atoms with Crippen LogP contribution in [0.1, 0.15) is 18.9 Å². The number of benzene rings is 1. The van der Waals surface area contributed by atoms with Gasteiger partial charge in [0.05, 0.1) is 23.9 Å². The molecule has 3 rings (SSSR count). The standard InChI is InChI=1S/C15H17BrN2O3/c1-9(19)17-13-7-12(16)6-10-2-4-18(14(10)13)15(20)11-3-5-21-8-11/h6-7,11H,2-5,8H2,1H3,(H,17,19). The van der Waals surface area contributed by atoms with Crippen LogP contribution in [0.2, 0.25) is 0 Å². The number of nitrogens with zero attached hydrogens (tertiary/aromatic N) is 1. The van der Waals surface area contributed by atoms with E-state index in [4.69, 9.17) is 4.74 Å². The number of hydrogen-bond acceptors (Lipinski definition) is 3. The maximum Gasteiger partial charge on any atom is 0.232 e. The van der Waals surface area contributed by atoms with E-state index in [0.717, 1.165) is 28.6 Å². The van der Waals surface area contributed by atoms with E-state index in [-0.39, 0.29) is 17.7 Å². The molecule has 0 aliphatic carbocycles. The van der Waals surface area contributed by atoms with E-state index in [1.807, 2.05) is 12.1 Å². The van der Waals surface area contributed by atoms with Gasteiger partial charge in [-0.1, -0.05) is 15.9 Å². The van der Waals surface area contributed by atoms with Crippen LogP contribution < -0.4 is 10.2 Å². The maximum absolute atomic E-state index is 12.7. The first kappa shape index (κ1) is 14.5. The summed E-state index contributed by atoms with van der Waals surface area (Å²) in [6, 6.07) is 3.86. The average molecular weight is 353 g/mol. The van der Waals surface area contributed by atoms with E-state index in [9.17, 15) is 9.59 Å². The zero-order valence-electron chi connectivity index (χ0n) is 11.8. The number of carbonyl (C=O) groups excluding carboxylic acids is 2.